The van der Waals surface area contributed by atoms with Gasteiger partial charge in [-0.2, -0.15) is 5.10 Å². The minimum Gasteiger partial charge on any atom is -0.337 e. The van der Waals surface area contributed by atoms with Crippen molar-refractivity contribution in [2.45, 2.75) is 31.6 Å². The Hall–Kier alpha value is -1.07. The highest BCUT2D eigenvalue weighted by atomic mass is 35.5. The minimum atomic E-state index is 0. The average molecular weight is 325 g/mol. The Kier molecular flexibility index (Phi) is 4.46. The maximum absolute atomic E-state index is 12.7. The van der Waals surface area contributed by atoms with E-state index in [0.29, 0.717) is 11.6 Å². The van der Waals surface area contributed by atoms with Gasteiger partial charge in [-0.3, -0.25) is 9.48 Å². The molecule has 22 heavy (non-hydrogen) atoms. The standard InChI is InChI=1S/C16H24N4O.ClH/c1-19-15(11-2-3-11)8-14(18-19)16(21)20-6-4-12-9-17-10-13(12)5-7-20;/h8,11-13,17H,2-7,9-10H2,1H3;1H/t12-,13+;. The van der Waals surface area contributed by atoms with Crippen molar-refractivity contribution in [3.05, 3.63) is 17.5 Å². The van der Waals surface area contributed by atoms with Crippen LogP contribution in [0.5, 0.6) is 0 Å². The van der Waals surface area contributed by atoms with Gasteiger partial charge >= 0.3 is 0 Å². The van der Waals surface area contributed by atoms with E-state index in [1.165, 1.54) is 18.5 Å². The van der Waals surface area contributed by atoms with Crippen molar-refractivity contribution >= 4 is 18.3 Å². The quantitative estimate of drug-likeness (QED) is 0.902. The number of carbonyl (C=O) groups excluding carboxylic acids is 1. The average Bonchev–Trinajstić information content (AvgIpc) is 3.17. The van der Waals surface area contributed by atoms with Crippen molar-refractivity contribution in [2.75, 3.05) is 26.2 Å². The van der Waals surface area contributed by atoms with E-state index >= 15 is 0 Å². The van der Waals surface area contributed by atoms with Gasteiger partial charge in [0.25, 0.3) is 5.91 Å². The third-order valence-corrected chi connectivity index (χ3v) is 5.44. The summed E-state index contributed by atoms with van der Waals surface area (Å²) in [7, 11) is 1.96. The summed E-state index contributed by atoms with van der Waals surface area (Å²) in [6.07, 6.45) is 4.75. The van der Waals surface area contributed by atoms with Crippen molar-refractivity contribution in [3.8, 4) is 0 Å². The van der Waals surface area contributed by atoms with Crippen molar-refractivity contribution in [1.29, 1.82) is 0 Å². The first-order chi connectivity index (χ1) is 10.2. The van der Waals surface area contributed by atoms with Gasteiger partial charge in [0.1, 0.15) is 0 Å². The van der Waals surface area contributed by atoms with E-state index in [2.05, 4.69) is 10.4 Å². The van der Waals surface area contributed by atoms with Crippen LogP contribution in [0, 0.1) is 11.8 Å². The molecule has 1 aromatic heterocycles. The fraction of sp³-hybridized carbons (Fsp3) is 0.750. The number of nitrogens with one attached hydrogen (secondary N) is 1. The highest BCUT2D eigenvalue weighted by molar-refractivity contribution is 5.92. The number of amides is 1. The summed E-state index contributed by atoms with van der Waals surface area (Å²) in [5, 5.41) is 7.94. The number of aryl methyl sites for hydroxylation is 1. The van der Waals surface area contributed by atoms with Crippen LogP contribution in [0.3, 0.4) is 0 Å². The van der Waals surface area contributed by atoms with Crippen LogP contribution in [0.4, 0.5) is 0 Å². The summed E-state index contributed by atoms with van der Waals surface area (Å²) in [5.41, 5.74) is 1.87. The van der Waals surface area contributed by atoms with Crippen molar-refractivity contribution < 1.29 is 4.79 Å². The molecule has 3 heterocycles. The molecule has 0 radical (unpaired) electrons. The molecule has 0 bridgehead atoms. The van der Waals surface area contributed by atoms with Crippen LogP contribution in [0.1, 0.15) is 47.8 Å². The van der Waals surface area contributed by atoms with Crippen LogP contribution in [-0.4, -0.2) is 46.8 Å². The van der Waals surface area contributed by atoms with Crippen molar-refractivity contribution in [2.24, 2.45) is 18.9 Å². The molecule has 122 valence electrons. The van der Waals surface area contributed by atoms with E-state index in [1.807, 2.05) is 22.7 Å². The first-order valence-corrected chi connectivity index (χ1v) is 8.26. The van der Waals surface area contributed by atoms with E-state index in [4.69, 9.17) is 0 Å². The van der Waals surface area contributed by atoms with Gasteiger partial charge in [-0.05, 0) is 56.7 Å². The Labute approximate surface area is 137 Å². The zero-order valence-corrected chi connectivity index (χ0v) is 13.9. The first kappa shape index (κ1) is 15.8. The molecule has 5 nitrogen and oxygen atoms in total. The van der Waals surface area contributed by atoms with Gasteiger partial charge in [-0.1, -0.05) is 0 Å². The van der Waals surface area contributed by atoms with Crippen LogP contribution >= 0.6 is 12.4 Å². The smallest absolute Gasteiger partial charge is 0.274 e. The van der Waals surface area contributed by atoms with E-state index in [-0.39, 0.29) is 18.3 Å². The third kappa shape index (κ3) is 2.88. The number of carbonyl (C=O) groups is 1. The monoisotopic (exact) mass is 324 g/mol. The number of likely N-dealkylation sites (tertiary alicyclic amines) is 1. The predicted octanol–water partition coefficient (Wildman–Crippen LogP) is 1.79. The Morgan fingerprint density at radius 2 is 1.82 bits per heavy atom. The maximum Gasteiger partial charge on any atom is 0.274 e. The lowest BCUT2D eigenvalue weighted by Crippen LogP contribution is -2.33. The summed E-state index contributed by atoms with van der Waals surface area (Å²) in [5.74, 6) is 2.28. The Balaban J connectivity index is 0.00000144. The van der Waals surface area contributed by atoms with E-state index in [0.717, 1.165) is 50.9 Å². The third-order valence-electron chi connectivity index (χ3n) is 5.44. The molecule has 1 aliphatic carbocycles. The fourth-order valence-electron chi connectivity index (χ4n) is 3.93. The summed E-state index contributed by atoms with van der Waals surface area (Å²) in [6.45, 7) is 4.03. The SMILES string of the molecule is Cl.Cn1nc(C(=O)N2CC[C@@H]3CNC[C@@H]3CC2)cc1C1CC1. The minimum absolute atomic E-state index is 0. The van der Waals surface area contributed by atoms with Crippen LogP contribution in [0.2, 0.25) is 0 Å². The lowest BCUT2D eigenvalue weighted by molar-refractivity contribution is 0.0752. The van der Waals surface area contributed by atoms with Gasteiger partial charge in [-0.15, -0.1) is 12.4 Å². The molecular weight excluding hydrogens is 300 g/mol. The molecule has 1 aromatic rings. The summed E-state index contributed by atoms with van der Waals surface area (Å²) >= 11 is 0. The Bertz CT molecular complexity index is 540. The van der Waals surface area contributed by atoms with Crippen LogP contribution in [0.15, 0.2) is 6.07 Å². The number of rotatable bonds is 2. The number of nitrogens with zero attached hydrogens (tertiary/aromatic N) is 3. The van der Waals surface area contributed by atoms with E-state index < -0.39 is 0 Å². The molecule has 0 unspecified atom stereocenters. The molecule has 1 saturated carbocycles. The van der Waals surface area contributed by atoms with E-state index in [9.17, 15) is 4.79 Å². The highest BCUT2D eigenvalue weighted by Gasteiger charge is 2.33. The largest absolute Gasteiger partial charge is 0.337 e. The summed E-state index contributed by atoms with van der Waals surface area (Å²) in [4.78, 5) is 14.7. The zero-order chi connectivity index (χ0) is 14.4. The topological polar surface area (TPSA) is 50.2 Å². The lowest BCUT2D eigenvalue weighted by atomic mass is 9.92. The van der Waals surface area contributed by atoms with Gasteiger partial charge < -0.3 is 10.2 Å². The lowest BCUT2D eigenvalue weighted by Gasteiger charge is -2.19. The fourth-order valence-corrected chi connectivity index (χ4v) is 3.93. The molecule has 4 rings (SSSR count). The van der Waals surface area contributed by atoms with Crippen molar-refractivity contribution in [3.63, 3.8) is 0 Å². The van der Waals surface area contributed by atoms with Gasteiger partial charge in [0.2, 0.25) is 0 Å². The van der Waals surface area contributed by atoms with Gasteiger partial charge in [0.05, 0.1) is 0 Å². The molecule has 2 aliphatic heterocycles. The molecule has 2 atom stereocenters. The molecule has 1 N–H and O–H groups in total. The van der Waals surface area contributed by atoms with Crippen LogP contribution < -0.4 is 5.32 Å². The maximum atomic E-state index is 12.7. The molecule has 2 saturated heterocycles. The van der Waals surface area contributed by atoms with Gasteiger partial charge in [-0.25, -0.2) is 0 Å². The van der Waals surface area contributed by atoms with Crippen molar-refractivity contribution in [1.82, 2.24) is 20.0 Å². The molecule has 0 spiro atoms. The van der Waals surface area contributed by atoms with E-state index in [1.54, 1.807) is 0 Å². The second-order valence-electron chi connectivity index (χ2n) is 6.90. The highest BCUT2D eigenvalue weighted by Crippen LogP contribution is 2.40. The molecule has 3 fully saturated rings. The second kappa shape index (κ2) is 6.20. The second-order valence-corrected chi connectivity index (χ2v) is 6.90. The number of hydrogen-bond donors (Lipinski definition) is 1. The van der Waals surface area contributed by atoms with Gasteiger partial charge in [0.15, 0.2) is 5.69 Å². The number of aromatic nitrogens is 2. The first-order valence-electron chi connectivity index (χ1n) is 8.26. The van der Waals surface area contributed by atoms with Crippen LogP contribution in [0.25, 0.3) is 0 Å². The molecule has 6 heteroatoms. The van der Waals surface area contributed by atoms with Gasteiger partial charge in [0, 0.05) is 31.7 Å². The molecular formula is C16H25ClN4O. The number of hydrogen-bond acceptors (Lipinski definition) is 3. The zero-order valence-electron chi connectivity index (χ0n) is 13.1. The number of fused-ring (bicyclic) bond motifs is 1. The summed E-state index contributed by atoms with van der Waals surface area (Å²) < 4.78 is 1.90. The normalized spacial score (nSPS) is 28.0. The Morgan fingerprint density at radius 1 is 1.18 bits per heavy atom. The predicted molar refractivity (Wildman–Crippen MR) is 87.4 cm³/mol. The molecule has 3 aliphatic rings. The molecule has 0 aromatic carbocycles. The number of halogens is 1. The summed E-state index contributed by atoms with van der Waals surface area (Å²) in [6, 6.07) is 2.02. The Morgan fingerprint density at radius 3 is 2.41 bits per heavy atom. The molecule has 1 amide bonds. The van der Waals surface area contributed by atoms with Crippen LogP contribution in [-0.2, 0) is 7.05 Å².